The van der Waals surface area contributed by atoms with Crippen molar-refractivity contribution in [3.05, 3.63) is 66.0 Å². The Kier molecular flexibility index (Phi) is 5.45. The summed E-state index contributed by atoms with van der Waals surface area (Å²) in [5, 5.41) is 10.0. The first-order valence-corrected chi connectivity index (χ1v) is 8.66. The second-order valence-corrected chi connectivity index (χ2v) is 6.74. The number of H-pyrrole nitrogens is 1. The Morgan fingerprint density at radius 3 is 2.64 bits per heavy atom. The van der Waals surface area contributed by atoms with Crippen LogP contribution in [0.15, 0.2) is 59.8 Å². The normalized spacial score (nSPS) is 11.9. The van der Waals surface area contributed by atoms with Crippen molar-refractivity contribution >= 4 is 17.7 Å². The molecule has 1 amide bonds. The number of halogens is 1. The summed E-state index contributed by atoms with van der Waals surface area (Å²) < 4.78 is 12.9. The second-order valence-electron chi connectivity index (χ2n) is 5.44. The SMILES string of the molecule is CC(Sc1n[nH]c(-c2ccccc2)n1)C(=O)NCc1ccc(F)cc1. The maximum absolute atomic E-state index is 12.9. The molecule has 7 heteroatoms. The molecule has 3 rings (SSSR count). The summed E-state index contributed by atoms with van der Waals surface area (Å²) in [6, 6.07) is 15.7. The monoisotopic (exact) mass is 356 g/mol. The van der Waals surface area contributed by atoms with Crippen molar-refractivity contribution in [2.24, 2.45) is 0 Å². The molecule has 1 unspecified atom stereocenters. The van der Waals surface area contributed by atoms with Gasteiger partial charge in [-0.1, -0.05) is 54.2 Å². The van der Waals surface area contributed by atoms with Crippen molar-refractivity contribution in [3.8, 4) is 11.4 Å². The summed E-state index contributed by atoms with van der Waals surface area (Å²) >= 11 is 1.28. The van der Waals surface area contributed by atoms with Crippen molar-refractivity contribution in [1.82, 2.24) is 20.5 Å². The van der Waals surface area contributed by atoms with Gasteiger partial charge in [0.1, 0.15) is 5.82 Å². The number of carbonyl (C=O) groups excluding carboxylic acids is 1. The summed E-state index contributed by atoms with van der Waals surface area (Å²) in [6.45, 7) is 2.15. The zero-order chi connectivity index (χ0) is 17.6. The van der Waals surface area contributed by atoms with Gasteiger partial charge in [0.2, 0.25) is 11.1 Å². The number of carbonyl (C=O) groups is 1. The van der Waals surface area contributed by atoms with Crippen molar-refractivity contribution < 1.29 is 9.18 Å². The van der Waals surface area contributed by atoms with Gasteiger partial charge in [0.25, 0.3) is 0 Å². The molecule has 0 aliphatic carbocycles. The quantitative estimate of drug-likeness (QED) is 0.664. The Morgan fingerprint density at radius 2 is 1.92 bits per heavy atom. The Labute approximate surface area is 149 Å². The third kappa shape index (κ3) is 4.67. The third-order valence-corrected chi connectivity index (χ3v) is 4.50. The van der Waals surface area contributed by atoms with Crippen molar-refractivity contribution in [2.75, 3.05) is 0 Å². The number of nitrogens with zero attached hydrogens (tertiary/aromatic N) is 2. The number of nitrogens with one attached hydrogen (secondary N) is 2. The summed E-state index contributed by atoms with van der Waals surface area (Å²) in [6.07, 6.45) is 0. The molecular weight excluding hydrogens is 339 g/mol. The first-order valence-electron chi connectivity index (χ1n) is 7.78. The Morgan fingerprint density at radius 1 is 1.20 bits per heavy atom. The predicted molar refractivity (Wildman–Crippen MR) is 95.4 cm³/mol. The van der Waals surface area contributed by atoms with E-state index in [9.17, 15) is 9.18 Å². The summed E-state index contributed by atoms with van der Waals surface area (Å²) in [5.41, 5.74) is 1.78. The van der Waals surface area contributed by atoms with E-state index >= 15 is 0 Å². The average molecular weight is 356 g/mol. The van der Waals surface area contributed by atoms with Crippen molar-refractivity contribution in [2.45, 2.75) is 23.9 Å². The van der Waals surface area contributed by atoms with Gasteiger partial charge in [-0.25, -0.2) is 9.37 Å². The van der Waals surface area contributed by atoms with Crippen molar-refractivity contribution in [1.29, 1.82) is 0 Å². The van der Waals surface area contributed by atoms with E-state index in [0.29, 0.717) is 17.5 Å². The minimum Gasteiger partial charge on any atom is -0.351 e. The highest BCUT2D eigenvalue weighted by atomic mass is 32.2. The van der Waals surface area contributed by atoms with Gasteiger partial charge in [0.15, 0.2) is 5.82 Å². The van der Waals surface area contributed by atoms with Crippen LogP contribution in [0.1, 0.15) is 12.5 Å². The molecule has 0 radical (unpaired) electrons. The maximum Gasteiger partial charge on any atom is 0.233 e. The van der Waals surface area contributed by atoms with Gasteiger partial charge in [-0.15, -0.1) is 5.10 Å². The lowest BCUT2D eigenvalue weighted by atomic mass is 10.2. The van der Waals surface area contributed by atoms with Gasteiger partial charge >= 0.3 is 0 Å². The minimum absolute atomic E-state index is 0.125. The molecule has 3 aromatic rings. The topological polar surface area (TPSA) is 70.7 Å². The number of hydrogen-bond donors (Lipinski definition) is 2. The highest BCUT2D eigenvalue weighted by Gasteiger charge is 2.17. The van der Waals surface area contributed by atoms with E-state index in [0.717, 1.165) is 11.1 Å². The average Bonchev–Trinajstić information content (AvgIpc) is 3.10. The molecule has 0 aliphatic rings. The van der Waals surface area contributed by atoms with Crippen LogP contribution in [0.2, 0.25) is 0 Å². The van der Waals surface area contributed by atoms with E-state index in [-0.39, 0.29) is 17.0 Å². The van der Waals surface area contributed by atoms with Gasteiger partial charge in [-0.05, 0) is 24.6 Å². The Hall–Kier alpha value is -2.67. The molecule has 1 atom stereocenters. The van der Waals surface area contributed by atoms with Crippen LogP contribution in [0.3, 0.4) is 0 Å². The van der Waals surface area contributed by atoms with Crippen molar-refractivity contribution in [3.63, 3.8) is 0 Å². The van der Waals surface area contributed by atoms with Crippen LogP contribution in [0.25, 0.3) is 11.4 Å². The summed E-state index contributed by atoms with van der Waals surface area (Å²) in [4.78, 5) is 16.6. The number of aromatic nitrogens is 3. The lowest BCUT2D eigenvalue weighted by Gasteiger charge is -2.10. The molecule has 0 aliphatic heterocycles. The third-order valence-electron chi connectivity index (χ3n) is 3.54. The maximum atomic E-state index is 12.9. The highest BCUT2D eigenvalue weighted by Crippen LogP contribution is 2.22. The molecule has 1 heterocycles. The van der Waals surface area contributed by atoms with Crippen LogP contribution < -0.4 is 5.32 Å². The standard InChI is InChI=1S/C18H17FN4OS/c1-12(17(24)20-11-13-7-9-15(19)10-8-13)25-18-21-16(22-23-18)14-5-3-2-4-6-14/h2-10,12H,11H2,1H3,(H,20,24)(H,21,22,23). The van der Waals surface area contributed by atoms with Crippen LogP contribution in [0, 0.1) is 5.82 Å². The molecule has 2 N–H and O–H groups in total. The number of thioether (sulfide) groups is 1. The van der Waals surface area contributed by atoms with Crippen LogP contribution in [0.5, 0.6) is 0 Å². The molecular formula is C18H17FN4OS. The van der Waals surface area contributed by atoms with Gasteiger partial charge < -0.3 is 5.32 Å². The molecule has 5 nitrogen and oxygen atoms in total. The summed E-state index contributed by atoms with van der Waals surface area (Å²) in [5.74, 6) is 0.250. The van der Waals surface area contributed by atoms with E-state index < -0.39 is 0 Å². The molecule has 0 spiro atoms. The highest BCUT2D eigenvalue weighted by molar-refractivity contribution is 8.00. The molecule has 0 saturated heterocycles. The molecule has 0 bridgehead atoms. The first-order chi connectivity index (χ1) is 12.1. The largest absolute Gasteiger partial charge is 0.351 e. The molecule has 25 heavy (non-hydrogen) atoms. The fourth-order valence-electron chi connectivity index (χ4n) is 2.17. The zero-order valence-electron chi connectivity index (χ0n) is 13.6. The summed E-state index contributed by atoms with van der Waals surface area (Å²) in [7, 11) is 0. The lowest BCUT2D eigenvalue weighted by Crippen LogP contribution is -2.30. The van der Waals surface area contributed by atoms with Gasteiger partial charge in [0, 0.05) is 12.1 Å². The molecule has 0 fully saturated rings. The number of aromatic amines is 1. The van der Waals surface area contributed by atoms with Crippen LogP contribution in [0.4, 0.5) is 4.39 Å². The molecule has 1 aromatic heterocycles. The van der Waals surface area contributed by atoms with Crippen LogP contribution >= 0.6 is 11.8 Å². The zero-order valence-corrected chi connectivity index (χ0v) is 14.4. The fourth-order valence-corrected chi connectivity index (χ4v) is 2.92. The molecule has 0 saturated carbocycles. The van der Waals surface area contributed by atoms with E-state index in [1.807, 2.05) is 30.3 Å². The van der Waals surface area contributed by atoms with Crippen LogP contribution in [-0.2, 0) is 11.3 Å². The van der Waals surface area contributed by atoms with E-state index in [4.69, 9.17) is 0 Å². The Balaban J connectivity index is 1.54. The number of rotatable bonds is 6. The Bertz CT molecular complexity index is 836. The number of amides is 1. The number of hydrogen-bond acceptors (Lipinski definition) is 4. The van der Waals surface area contributed by atoms with E-state index in [1.165, 1.54) is 23.9 Å². The van der Waals surface area contributed by atoms with Gasteiger partial charge in [-0.2, -0.15) is 0 Å². The first kappa shape index (κ1) is 17.2. The lowest BCUT2D eigenvalue weighted by molar-refractivity contribution is -0.120. The van der Waals surface area contributed by atoms with E-state index in [2.05, 4.69) is 20.5 Å². The van der Waals surface area contributed by atoms with Gasteiger partial charge in [0.05, 0.1) is 5.25 Å². The molecule has 128 valence electrons. The van der Waals surface area contributed by atoms with Crippen LogP contribution in [-0.4, -0.2) is 26.3 Å². The molecule has 2 aromatic carbocycles. The minimum atomic E-state index is -0.347. The predicted octanol–water partition coefficient (Wildman–Crippen LogP) is 3.41. The number of benzene rings is 2. The second kappa shape index (κ2) is 7.94. The fraction of sp³-hybridized carbons (Fsp3) is 0.167. The van der Waals surface area contributed by atoms with Gasteiger partial charge in [-0.3, -0.25) is 9.89 Å². The smallest absolute Gasteiger partial charge is 0.233 e. The van der Waals surface area contributed by atoms with E-state index in [1.54, 1.807) is 19.1 Å².